The average Bonchev–Trinajstić information content (AvgIpc) is 2.28. The third-order valence-electron chi connectivity index (χ3n) is 2.16. The highest BCUT2D eigenvalue weighted by Gasteiger charge is 2.12. The van der Waals surface area contributed by atoms with Crippen LogP contribution in [0.2, 0.25) is 0 Å². The smallest absolute Gasteiger partial charge is 0.414 e. The van der Waals surface area contributed by atoms with Crippen LogP contribution in [-0.4, -0.2) is 36.0 Å². The molecule has 0 spiro atoms. The minimum atomic E-state index is -0.543. The Bertz CT molecular complexity index is 440. The first-order valence-corrected chi connectivity index (χ1v) is 5.21. The molecule has 0 fully saturated rings. The van der Waals surface area contributed by atoms with E-state index in [1.165, 1.54) is 23.1 Å². The van der Waals surface area contributed by atoms with Crippen molar-refractivity contribution in [1.82, 2.24) is 4.90 Å². The maximum Gasteiger partial charge on any atom is 0.414 e. The molecule has 5 nitrogen and oxygen atoms in total. The minimum absolute atomic E-state index is 0.159. The molecule has 0 aromatic heterocycles. The van der Waals surface area contributed by atoms with Crippen LogP contribution in [0.25, 0.3) is 0 Å². The molecule has 1 aromatic carbocycles. The van der Waals surface area contributed by atoms with Crippen LogP contribution in [0.15, 0.2) is 18.2 Å². The number of aromatic hydroxyl groups is 1. The van der Waals surface area contributed by atoms with Gasteiger partial charge in [-0.15, -0.1) is 0 Å². The van der Waals surface area contributed by atoms with Crippen LogP contribution in [0.3, 0.4) is 0 Å². The number of Topliss-reactive ketones (excluding diaryl/α,β-unsaturated/α-hetero) is 1. The molecule has 1 amide bonds. The minimum Gasteiger partial charge on any atom is -0.507 e. The number of nitrogens with zero attached hydrogens (tertiary/aromatic N) is 1. The molecule has 0 radical (unpaired) electrons. The molecule has 0 saturated heterocycles. The number of rotatable bonds is 3. The Hall–Kier alpha value is -2.04. The van der Waals surface area contributed by atoms with Crippen LogP contribution in [0.1, 0.15) is 23.7 Å². The molecule has 5 heteroatoms. The predicted molar refractivity (Wildman–Crippen MR) is 62.4 cm³/mol. The number of hydrogen-bond acceptors (Lipinski definition) is 4. The Labute approximate surface area is 99.6 Å². The van der Waals surface area contributed by atoms with Crippen molar-refractivity contribution >= 4 is 11.9 Å². The summed E-state index contributed by atoms with van der Waals surface area (Å²) in [5.41, 5.74) is 0.233. The summed E-state index contributed by atoms with van der Waals surface area (Å²) in [4.78, 5) is 23.9. The van der Waals surface area contributed by atoms with Crippen LogP contribution >= 0.6 is 0 Å². The lowest BCUT2D eigenvalue weighted by Gasteiger charge is -2.11. The predicted octanol–water partition coefficient (Wildman–Crippen LogP) is 2.05. The maximum atomic E-state index is 11.4. The fourth-order valence-electron chi connectivity index (χ4n) is 1.19. The second-order valence-corrected chi connectivity index (χ2v) is 3.72. The first-order chi connectivity index (χ1) is 7.95. The van der Waals surface area contributed by atoms with Gasteiger partial charge in [0.25, 0.3) is 0 Å². The van der Waals surface area contributed by atoms with Crippen molar-refractivity contribution in [2.75, 3.05) is 14.1 Å². The fourth-order valence-corrected chi connectivity index (χ4v) is 1.19. The van der Waals surface area contributed by atoms with E-state index in [9.17, 15) is 14.7 Å². The summed E-state index contributed by atoms with van der Waals surface area (Å²) in [7, 11) is 3.11. The monoisotopic (exact) mass is 237 g/mol. The lowest BCUT2D eigenvalue weighted by Crippen LogP contribution is -2.25. The molecule has 0 bridgehead atoms. The van der Waals surface area contributed by atoms with E-state index in [1.807, 2.05) is 0 Å². The third kappa shape index (κ3) is 3.21. The summed E-state index contributed by atoms with van der Waals surface area (Å²) < 4.78 is 4.94. The molecule has 0 aliphatic carbocycles. The van der Waals surface area contributed by atoms with E-state index < -0.39 is 6.09 Å². The van der Waals surface area contributed by atoms with Gasteiger partial charge in [0.15, 0.2) is 5.78 Å². The molecular formula is C12H15NO4. The standard InChI is InChI=1S/C12H15NO4/c1-4-10(14)9-6-5-8(7-11(9)15)17-12(16)13(2)3/h5-7,15H,4H2,1-3H3. The number of hydrogen-bond donors (Lipinski definition) is 1. The Balaban J connectivity index is 2.89. The van der Waals surface area contributed by atoms with E-state index in [0.717, 1.165) is 0 Å². The SMILES string of the molecule is CCC(=O)c1ccc(OC(=O)N(C)C)cc1O. The Morgan fingerprint density at radius 1 is 1.35 bits per heavy atom. The van der Waals surface area contributed by atoms with E-state index >= 15 is 0 Å². The molecule has 0 saturated carbocycles. The van der Waals surface area contributed by atoms with Crippen molar-refractivity contribution in [3.8, 4) is 11.5 Å². The molecule has 1 aromatic rings. The maximum absolute atomic E-state index is 11.4. The van der Waals surface area contributed by atoms with Crippen molar-refractivity contribution in [3.05, 3.63) is 23.8 Å². The zero-order valence-electron chi connectivity index (χ0n) is 10.1. The number of amides is 1. The van der Waals surface area contributed by atoms with Gasteiger partial charge < -0.3 is 14.7 Å². The lowest BCUT2D eigenvalue weighted by molar-refractivity contribution is 0.0985. The third-order valence-corrected chi connectivity index (χ3v) is 2.16. The van der Waals surface area contributed by atoms with E-state index in [0.29, 0.717) is 6.42 Å². The Morgan fingerprint density at radius 2 is 2.00 bits per heavy atom. The van der Waals surface area contributed by atoms with Gasteiger partial charge in [-0.25, -0.2) is 4.79 Å². The van der Waals surface area contributed by atoms with Crippen LogP contribution < -0.4 is 4.74 Å². The molecule has 0 heterocycles. The Kier molecular flexibility index (Phi) is 4.09. The van der Waals surface area contributed by atoms with Crippen molar-refractivity contribution < 1.29 is 19.4 Å². The van der Waals surface area contributed by atoms with Gasteiger partial charge >= 0.3 is 6.09 Å². The highest BCUT2D eigenvalue weighted by molar-refractivity contribution is 5.98. The molecule has 92 valence electrons. The average molecular weight is 237 g/mol. The van der Waals surface area contributed by atoms with E-state index in [-0.39, 0.29) is 22.8 Å². The van der Waals surface area contributed by atoms with Crippen LogP contribution in [0.5, 0.6) is 11.5 Å². The molecule has 0 aliphatic rings. The van der Waals surface area contributed by atoms with Crippen molar-refractivity contribution in [2.24, 2.45) is 0 Å². The van der Waals surface area contributed by atoms with Crippen LogP contribution in [-0.2, 0) is 0 Å². The summed E-state index contributed by atoms with van der Waals surface area (Å²) in [6.07, 6.45) is -0.233. The van der Waals surface area contributed by atoms with Gasteiger partial charge in [0, 0.05) is 26.6 Å². The van der Waals surface area contributed by atoms with Crippen molar-refractivity contribution in [2.45, 2.75) is 13.3 Å². The largest absolute Gasteiger partial charge is 0.507 e. The summed E-state index contributed by atoms with van der Waals surface area (Å²) >= 11 is 0. The van der Waals surface area contributed by atoms with Crippen molar-refractivity contribution in [1.29, 1.82) is 0 Å². The first kappa shape index (κ1) is 13.0. The number of ketones is 1. The van der Waals surface area contributed by atoms with Gasteiger partial charge in [0.1, 0.15) is 11.5 Å². The molecule has 0 unspecified atom stereocenters. The molecule has 0 atom stereocenters. The van der Waals surface area contributed by atoms with Gasteiger partial charge in [-0.3, -0.25) is 4.79 Å². The highest BCUT2D eigenvalue weighted by atomic mass is 16.6. The molecule has 1 N–H and O–H groups in total. The summed E-state index contributed by atoms with van der Waals surface area (Å²) in [5.74, 6) is -0.136. The van der Waals surface area contributed by atoms with Gasteiger partial charge in [-0.2, -0.15) is 0 Å². The molecule has 0 aliphatic heterocycles. The molecule has 1 rings (SSSR count). The number of carbonyl (C=O) groups excluding carboxylic acids is 2. The Morgan fingerprint density at radius 3 is 2.47 bits per heavy atom. The van der Waals surface area contributed by atoms with E-state index in [4.69, 9.17) is 4.74 Å². The zero-order valence-corrected chi connectivity index (χ0v) is 10.1. The first-order valence-electron chi connectivity index (χ1n) is 5.21. The van der Waals surface area contributed by atoms with E-state index in [2.05, 4.69) is 0 Å². The zero-order chi connectivity index (χ0) is 13.0. The number of ether oxygens (including phenoxy) is 1. The van der Waals surface area contributed by atoms with Crippen LogP contribution in [0.4, 0.5) is 4.79 Å². The lowest BCUT2D eigenvalue weighted by atomic mass is 10.1. The quantitative estimate of drug-likeness (QED) is 0.817. The second-order valence-electron chi connectivity index (χ2n) is 3.72. The van der Waals surface area contributed by atoms with Gasteiger partial charge in [-0.05, 0) is 12.1 Å². The molecular weight excluding hydrogens is 222 g/mol. The number of carbonyl (C=O) groups is 2. The van der Waals surface area contributed by atoms with Gasteiger partial charge in [-0.1, -0.05) is 6.92 Å². The van der Waals surface area contributed by atoms with E-state index in [1.54, 1.807) is 21.0 Å². The number of phenols is 1. The second kappa shape index (κ2) is 5.34. The number of benzene rings is 1. The van der Waals surface area contributed by atoms with Gasteiger partial charge in [0.05, 0.1) is 5.56 Å². The van der Waals surface area contributed by atoms with Crippen LogP contribution in [0, 0.1) is 0 Å². The fraction of sp³-hybridized carbons (Fsp3) is 0.333. The van der Waals surface area contributed by atoms with Gasteiger partial charge in [0.2, 0.25) is 0 Å². The summed E-state index contributed by atoms with van der Waals surface area (Å²) in [5, 5.41) is 9.62. The highest BCUT2D eigenvalue weighted by Crippen LogP contribution is 2.24. The summed E-state index contributed by atoms with van der Waals surface area (Å²) in [6, 6.07) is 4.17. The molecule has 17 heavy (non-hydrogen) atoms. The van der Waals surface area contributed by atoms with Crippen molar-refractivity contribution in [3.63, 3.8) is 0 Å². The topological polar surface area (TPSA) is 66.8 Å². The number of phenolic OH excluding ortho intramolecular Hbond substituents is 1. The summed E-state index contributed by atoms with van der Waals surface area (Å²) in [6.45, 7) is 1.71. The normalized spacial score (nSPS) is 9.82.